The van der Waals surface area contributed by atoms with Gasteiger partial charge in [0.1, 0.15) is 5.82 Å². The van der Waals surface area contributed by atoms with E-state index >= 15 is 0 Å². The summed E-state index contributed by atoms with van der Waals surface area (Å²) >= 11 is 0. The van der Waals surface area contributed by atoms with Crippen molar-refractivity contribution in [1.82, 2.24) is 9.97 Å². The van der Waals surface area contributed by atoms with Gasteiger partial charge in [-0.2, -0.15) is 9.97 Å². The van der Waals surface area contributed by atoms with Crippen LogP contribution in [-0.4, -0.2) is 31.8 Å². The molecule has 0 saturated heterocycles. The summed E-state index contributed by atoms with van der Waals surface area (Å²) in [6, 6.07) is 1.02. The molecule has 0 saturated carbocycles. The molecule has 7 nitrogen and oxygen atoms in total. The highest BCUT2D eigenvalue weighted by atomic mass is 16.7. The molecule has 0 aliphatic carbocycles. The lowest BCUT2D eigenvalue weighted by molar-refractivity contribution is 0.142. The van der Waals surface area contributed by atoms with Crippen LogP contribution in [0.1, 0.15) is 5.82 Å². The number of nitrogens with zero attached hydrogens (tertiary/aromatic N) is 2. The summed E-state index contributed by atoms with van der Waals surface area (Å²) in [5.41, 5.74) is 0. The van der Waals surface area contributed by atoms with E-state index in [2.05, 4.69) is 14.7 Å². The van der Waals surface area contributed by atoms with Crippen molar-refractivity contribution < 1.29 is 25.2 Å². The van der Waals surface area contributed by atoms with Gasteiger partial charge in [0.2, 0.25) is 11.8 Å². The zero-order valence-electron chi connectivity index (χ0n) is 6.68. The highest BCUT2D eigenvalue weighted by molar-refractivity contribution is 5.60. The first-order valence-corrected chi connectivity index (χ1v) is 3.03. The third kappa shape index (κ3) is 3.34. The number of carboxylic acid groups (broad SMARTS) is 1. The number of aryl methyl sites for hydroxylation is 1. The van der Waals surface area contributed by atoms with E-state index in [-0.39, 0.29) is 23.1 Å². The van der Waals surface area contributed by atoms with E-state index in [1.165, 1.54) is 6.92 Å². The third-order valence-corrected chi connectivity index (χ3v) is 0.993. The molecule has 1 heterocycles. The smallest absolute Gasteiger partial charge is 0.493 e. The van der Waals surface area contributed by atoms with Gasteiger partial charge in [0.15, 0.2) is 0 Å². The van der Waals surface area contributed by atoms with Crippen LogP contribution in [-0.2, 0) is 0 Å². The molecule has 0 aliphatic heterocycles. The van der Waals surface area contributed by atoms with E-state index in [0.29, 0.717) is 0 Å². The Labute approximate surface area is 72.9 Å². The Morgan fingerprint density at radius 3 is 2.62 bits per heavy atom. The van der Waals surface area contributed by atoms with E-state index in [1.54, 1.807) is 0 Å². The summed E-state index contributed by atoms with van der Waals surface area (Å²) in [6.45, 7) is 1.51. The maximum absolute atomic E-state index is 10.0. The molecule has 0 fully saturated rings. The van der Waals surface area contributed by atoms with Crippen molar-refractivity contribution in [2.45, 2.75) is 6.92 Å². The Kier molecular flexibility index (Phi) is 3.60. The van der Waals surface area contributed by atoms with Crippen molar-refractivity contribution in [1.29, 1.82) is 0 Å². The number of rotatable bonds is 1. The molecule has 0 radical (unpaired) electrons. The minimum absolute atomic E-state index is 0. The minimum Gasteiger partial charge on any atom is -0.493 e. The fraction of sp³-hybridized carbons (Fsp3) is 0.167. The first-order valence-electron chi connectivity index (χ1n) is 3.03. The first kappa shape index (κ1) is 11.1. The third-order valence-electron chi connectivity index (χ3n) is 0.993. The van der Waals surface area contributed by atoms with Gasteiger partial charge >= 0.3 is 6.16 Å². The number of aromatic nitrogens is 2. The molecule has 0 aliphatic rings. The molecular formula is C6H8N2O5. The van der Waals surface area contributed by atoms with E-state index in [4.69, 9.17) is 10.2 Å². The van der Waals surface area contributed by atoms with Gasteiger partial charge in [-0.25, -0.2) is 4.79 Å². The van der Waals surface area contributed by atoms with Crippen molar-refractivity contribution in [3.63, 3.8) is 0 Å². The highest BCUT2D eigenvalue weighted by Gasteiger charge is 2.04. The van der Waals surface area contributed by atoms with E-state index in [0.717, 1.165) is 6.07 Å². The summed E-state index contributed by atoms with van der Waals surface area (Å²) in [4.78, 5) is 17.1. The second-order valence-electron chi connectivity index (χ2n) is 1.98. The van der Waals surface area contributed by atoms with Crippen LogP contribution in [0.4, 0.5) is 4.79 Å². The Bertz CT molecular complexity index is 294. The SMILES string of the molecule is Cc1nc(O)cc(OC(=O)O)n1.O. The summed E-state index contributed by atoms with van der Waals surface area (Å²) in [6.07, 6.45) is -1.48. The van der Waals surface area contributed by atoms with Crippen molar-refractivity contribution >= 4 is 6.16 Å². The number of hydrogen-bond acceptors (Lipinski definition) is 5. The van der Waals surface area contributed by atoms with Gasteiger partial charge in [-0.05, 0) is 6.92 Å². The maximum atomic E-state index is 10.0. The average Bonchev–Trinajstić information content (AvgIpc) is 1.81. The van der Waals surface area contributed by atoms with Crippen LogP contribution in [0.2, 0.25) is 0 Å². The van der Waals surface area contributed by atoms with Gasteiger partial charge in [0, 0.05) is 0 Å². The maximum Gasteiger partial charge on any atom is 0.512 e. The van der Waals surface area contributed by atoms with E-state index in [1.807, 2.05) is 0 Å². The van der Waals surface area contributed by atoms with Gasteiger partial charge < -0.3 is 20.4 Å². The fourth-order valence-corrected chi connectivity index (χ4v) is 0.667. The van der Waals surface area contributed by atoms with Crippen molar-refractivity contribution in [3.05, 3.63) is 11.9 Å². The molecule has 0 bridgehead atoms. The second-order valence-corrected chi connectivity index (χ2v) is 1.98. The van der Waals surface area contributed by atoms with Crippen molar-refractivity contribution in [2.75, 3.05) is 0 Å². The monoisotopic (exact) mass is 188 g/mol. The average molecular weight is 188 g/mol. The lowest BCUT2D eigenvalue weighted by atomic mass is 10.5. The summed E-state index contributed by atoms with van der Waals surface area (Å²) < 4.78 is 4.18. The lowest BCUT2D eigenvalue weighted by Gasteiger charge is -1.99. The van der Waals surface area contributed by atoms with Crippen LogP contribution in [0.3, 0.4) is 0 Å². The largest absolute Gasteiger partial charge is 0.512 e. The van der Waals surface area contributed by atoms with Gasteiger partial charge in [-0.1, -0.05) is 0 Å². The Morgan fingerprint density at radius 2 is 2.15 bits per heavy atom. The Morgan fingerprint density at radius 1 is 1.54 bits per heavy atom. The van der Waals surface area contributed by atoms with Crippen LogP contribution in [0, 0.1) is 6.92 Å². The van der Waals surface area contributed by atoms with Crippen LogP contribution in [0.5, 0.6) is 11.8 Å². The zero-order valence-corrected chi connectivity index (χ0v) is 6.68. The molecule has 13 heavy (non-hydrogen) atoms. The number of aromatic hydroxyl groups is 1. The fourth-order valence-electron chi connectivity index (χ4n) is 0.667. The van der Waals surface area contributed by atoms with Crippen LogP contribution in [0.15, 0.2) is 6.07 Å². The quantitative estimate of drug-likeness (QED) is 0.584. The number of carbonyl (C=O) groups is 1. The number of hydrogen-bond donors (Lipinski definition) is 2. The normalized spacial score (nSPS) is 8.69. The summed E-state index contributed by atoms with van der Waals surface area (Å²) in [5, 5.41) is 17.1. The molecule has 4 N–H and O–H groups in total. The molecular weight excluding hydrogens is 180 g/mol. The van der Waals surface area contributed by atoms with Crippen LogP contribution < -0.4 is 4.74 Å². The van der Waals surface area contributed by atoms with Gasteiger partial charge in [-0.15, -0.1) is 0 Å². The first-order chi connectivity index (χ1) is 5.58. The van der Waals surface area contributed by atoms with Crippen molar-refractivity contribution in [2.24, 2.45) is 0 Å². The predicted octanol–water partition coefficient (Wildman–Crippen LogP) is -0.277. The standard InChI is InChI=1S/C6H6N2O4.H2O/c1-3-7-4(9)2-5(8-3)12-6(10)11;/h2H,1H3,(H,10,11)(H,7,8,9);1H2. The van der Waals surface area contributed by atoms with Crippen LogP contribution in [0.25, 0.3) is 0 Å². The lowest BCUT2D eigenvalue weighted by Crippen LogP contribution is -2.05. The molecule has 0 atom stereocenters. The topological polar surface area (TPSA) is 124 Å². The molecule has 0 unspecified atom stereocenters. The zero-order chi connectivity index (χ0) is 9.14. The minimum atomic E-state index is -1.48. The Balaban J connectivity index is 0.00000144. The van der Waals surface area contributed by atoms with Gasteiger partial charge in [0.25, 0.3) is 0 Å². The van der Waals surface area contributed by atoms with Crippen molar-refractivity contribution in [3.8, 4) is 11.8 Å². The molecule has 0 amide bonds. The predicted molar refractivity (Wildman–Crippen MR) is 40.7 cm³/mol. The second kappa shape index (κ2) is 4.21. The van der Waals surface area contributed by atoms with E-state index < -0.39 is 6.16 Å². The molecule has 1 rings (SSSR count). The molecule has 72 valence electrons. The molecule has 1 aromatic rings. The van der Waals surface area contributed by atoms with Gasteiger partial charge in [0.05, 0.1) is 6.07 Å². The molecule has 0 aromatic carbocycles. The molecule has 0 spiro atoms. The molecule has 7 heteroatoms. The highest BCUT2D eigenvalue weighted by Crippen LogP contribution is 2.13. The Hall–Kier alpha value is -1.89. The van der Waals surface area contributed by atoms with Crippen LogP contribution >= 0.6 is 0 Å². The van der Waals surface area contributed by atoms with Gasteiger partial charge in [-0.3, -0.25) is 0 Å². The number of ether oxygens (including phenoxy) is 1. The molecule has 1 aromatic heterocycles. The summed E-state index contributed by atoms with van der Waals surface area (Å²) in [7, 11) is 0. The van der Waals surface area contributed by atoms with E-state index in [9.17, 15) is 4.79 Å². The summed E-state index contributed by atoms with van der Waals surface area (Å²) in [5.74, 6) is -0.266.